The molecule has 0 aliphatic rings. The van der Waals surface area contributed by atoms with E-state index in [4.69, 9.17) is 0 Å². The van der Waals surface area contributed by atoms with Crippen molar-refractivity contribution >= 4 is 22.6 Å². The van der Waals surface area contributed by atoms with Crippen molar-refractivity contribution < 1.29 is 4.79 Å². The minimum Gasteiger partial charge on any atom is -0.347 e. The molecule has 0 aliphatic carbocycles. The molecule has 0 fully saturated rings. The number of aryl methyl sites for hydroxylation is 1. The second-order valence-electron chi connectivity index (χ2n) is 6.12. The average Bonchev–Trinajstić information content (AvgIpc) is 3.28. The third-order valence-electron chi connectivity index (χ3n) is 4.26. The predicted molar refractivity (Wildman–Crippen MR) is 101 cm³/mol. The van der Waals surface area contributed by atoms with Crippen molar-refractivity contribution in [2.45, 2.75) is 19.5 Å². The first-order chi connectivity index (χ1) is 12.8. The van der Waals surface area contributed by atoms with E-state index >= 15 is 0 Å². The van der Waals surface area contributed by atoms with E-state index in [0.29, 0.717) is 25.3 Å². The molecule has 4 rings (SSSR count). The smallest absolute Gasteiger partial charge is 0.227 e. The number of benzene rings is 1. The van der Waals surface area contributed by atoms with Gasteiger partial charge in [-0.05, 0) is 35.2 Å². The Hall–Kier alpha value is -3.41. The minimum atomic E-state index is -0.0445. The number of rotatable bonds is 6. The molecule has 1 aromatic carbocycles. The molecule has 6 nitrogen and oxygen atoms in total. The summed E-state index contributed by atoms with van der Waals surface area (Å²) in [7, 11) is 0. The van der Waals surface area contributed by atoms with Crippen molar-refractivity contribution in [2.24, 2.45) is 0 Å². The third-order valence-corrected chi connectivity index (χ3v) is 4.26. The van der Waals surface area contributed by atoms with E-state index in [0.717, 1.165) is 11.1 Å². The van der Waals surface area contributed by atoms with E-state index in [1.807, 2.05) is 42.7 Å². The number of pyridine rings is 1. The zero-order chi connectivity index (χ0) is 17.8. The van der Waals surface area contributed by atoms with Crippen molar-refractivity contribution in [3.8, 4) is 0 Å². The lowest BCUT2D eigenvalue weighted by Gasteiger charge is -2.06. The number of nitrogens with one attached hydrogen (secondary N) is 1. The summed E-state index contributed by atoms with van der Waals surface area (Å²) < 4.78 is 3.89. The van der Waals surface area contributed by atoms with Gasteiger partial charge in [0.05, 0.1) is 6.54 Å². The number of para-hydroxylation sites is 1. The number of amides is 1. The molecular formula is C20H19N5O. The molecule has 3 aromatic heterocycles. The maximum absolute atomic E-state index is 12.2. The Morgan fingerprint density at radius 2 is 1.85 bits per heavy atom. The highest BCUT2D eigenvalue weighted by molar-refractivity contribution is 5.89. The Morgan fingerprint density at radius 1 is 1.00 bits per heavy atom. The summed E-state index contributed by atoms with van der Waals surface area (Å²) in [6.07, 6.45) is 7.78. The van der Waals surface area contributed by atoms with Gasteiger partial charge in [-0.3, -0.25) is 14.5 Å². The number of hydrogen-bond donors (Lipinski definition) is 1. The topological polar surface area (TPSA) is 64.7 Å². The van der Waals surface area contributed by atoms with Gasteiger partial charge in [-0.15, -0.1) is 0 Å². The second kappa shape index (κ2) is 7.23. The van der Waals surface area contributed by atoms with E-state index in [2.05, 4.69) is 38.2 Å². The van der Waals surface area contributed by atoms with Crippen LogP contribution in [0, 0.1) is 0 Å². The normalized spacial score (nSPS) is 10.9. The Kier molecular flexibility index (Phi) is 4.47. The van der Waals surface area contributed by atoms with Crippen LogP contribution < -0.4 is 5.32 Å². The fraction of sp³-hybridized carbons (Fsp3) is 0.150. The molecule has 0 saturated heterocycles. The predicted octanol–water partition coefficient (Wildman–Crippen LogP) is 3.31. The number of carbonyl (C=O) groups is 1. The monoisotopic (exact) mass is 345 g/mol. The second-order valence-corrected chi connectivity index (χ2v) is 6.12. The average molecular weight is 345 g/mol. The summed E-state index contributed by atoms with van der Waals surface area (Å²) in [4.78, 5) is 16.2. The van der Waals surface area contributed by atoms with Gasteiger partial charge >= 0.3 is 0 Å². The molecule has 1 amide bonds. The van der Waals surface area contributed by atoms with Gasteiger partial charge < -0.3 is 9.88 Å². The Balaban J connectivity index is 1.33. The van der Waals surface area contributed by atoms with Crippen LogP contribution in [0.2, 0.25) is 0 Å². The Morgan fingerprint density at radius 3 is 2.73 bits per heavy atom. The standard InChI is InChI=1S/C20H19N5O/c26-20(9-13-24-12-7-17-3-1-2-4-18(17)24)22-19-8-14-25(23-19)15-16-5-10-21-11-6-16/h1-8,10-12,14H,9,13,15H2,(H,22,23,26). The molecule has 130 valence electrons. The lowest BCUT2D eigenvalue weighted by Crippen LogP contribution is -2.15. The number of aromatic nitrogens is 4. The molecular weight excluding hydrogens is 326 g/mol. The molecule has 3 heterocycles. The van der Waals surface area contributed by atoms with Crippen LogP contribution >= 0.6 is 0 Å². The van der Waals surface area contributed by atoms with Gasteiger partial charge in [-0.1, -0.05) is 18.2 Å². The van der Waals surface area contributed by atoms with Gasteiger partial charge in [0.2, 0.25) is 5.91 Å². The van der Waals surface area contributed by atoms with Crippen LogP contribution in [0.4, 0.5) is 5.82 Å². The SMILES string of the molecule is O=C(CCn1ccc2ccccc21)Nc1ccn(Cc2ccncc2)n1. The van der Waals surface area contributed by atoms with Crippen LogP contribution in [0.25, 0.3) is 10.9 Å². The quantitative estimate of drug-likeness (QED) is 0.583. The lowest BCUT2D eigenvalue weighted by molar-refractivity contribution is -0.116. The zero-order valence-corrected chi connectivity index (χ0v) is 14.2. The minimum absolute atomic E-state index is 0.0445. The van der Waals surface area contributed by atoms with Gasteiger partial charge in [0.25, 0.3) is 0 Å². The molecule has 6 heteroatoms. The lowest BCUT2D eigenvalue weighted by atomic mass is 10.2. The largest absolute Gasteiger partial charge is 0.347 e. The molecule has 4 aromatic rings. The summed E-state index contributed by atoms with van der Waals surface area (Å²) in [5, 5.41) is 8.44. The molecule has 0 spiro atoms. The molecule has 0 atom stereocenters. The van der Waals surface area contributed by atoms with Crippen LogP contribution in [0.5, 0.6) is 0 Å². The van der Waals surface area contributed by atoms with Crippen molar-refractivity contribution in [3.05, 3.63) is 78.9 Å². The fourth-order valence-corrected chi connectivity index (χ4v) is 2.95. The fourth-order valence-electron chi connectivity index (χ4n) is 2.95. The summed E-state index contributed by atoms with van der Waals surface area (Å²) >= 11 is 0. The first-order valence-electron chi connectivity index (χ1n) is 8.54. The summed E-state index contributed by atoms with van der Waals surface area (Å²) in [5.74, 6) is 0.526. The van der Waals surface area contributed by atoms with E-state index < -0.39 is 0 Å². The van der Waals surface area contributed by atoms with E-state index in [1.165, 1.54) is 5.39 Å². The Bertz CT molecular complexity index is 1020. The molecule has 0 radical (unpaired) electrons. The number of hydrogen-bond acceptors (Lipinski definition) is 3. The van der Waals surface area contributed by atoms with Crippen molar-refractivity contribution in [3.63, 3.8) is 0 Å². The molecule has 0 aliphatic heterocycles. The first-order valence-corrected chi connectivity index (χ1v) is 8.54. The molecule has 0 saturated carbocycles. The maximum atomic E-state index is 12.2. The number of fused-ring (bicyclic) bond motifs is 1. The summed E-state index contributed by atoms with van der Waals surface area (Å²) in [6.45, 7) is 1.28. The van der Waals surface area contributed by atoms with Gasteiger partial charge in [0.15, 0.2) is 5.82 Å². The van der Waals surface area contributed by atoms with E-state index in [9.17, 15) is 4.79 Å². The first kappa shape index (κ1) is 16.1. The highest BCUT2D eigenvalue weighted by Crippen LogP contribution is 2.15. The van der Waals surface area contributed by atoms with Crippen molar-refractivity contribution in [1.29, 1.82) is 0 Å². The van der Waals surface area contributed by atoms with Gasteiger partial charge in [-0.2, -0.15) is 5.10 Å². The molecule has 0 bridgehead atoms. The van der Waals surface area contributed by atoms with Gasteiger partial charge in [0, 0.05) is 49.3 Å². The van der Waals surface area contributed by atoms with E-state index in [1.54, 1.807) is 17.1 Å². The van der Waals surface area contributed by atoms with Crippen LogP contribution in [0.1, 0.15) is 12.0 Å². The van der Waals surface area contributed by atoms with Crippen LogP contribution in [-0.4, -0.2) is 25.2 Å². The van der Waals surface area contributed by atoms with Crippen molar-refractivity contribution in [2.75, 3.05) is 5.32 Å². The van der Waals surface area contributed by atoms with E-state index in [-0.39, 0.29) is 5.91 Å². The van der Waals surface area contributed by atoms with Crippen LogP contribution in [0.15, 0.2) is 73.3 Å². The van der Waals surface area contributed by atoms with Crippen LogP contribution in [0.3, 0.4) is 0 Å². The highest BCUT2D eigenvalue weighted by atomic mass is 16.1. The molecule has 1 N–H and O–H groups in total. The molecule has 0 unspecified atom stereocenters. The zero-order valence-electron chi connectivity index (χ0n) is 14.2. The highest BCUT2D eigenvalue weighted by Gasteiger charge is 2.07. The summed E-state index contributed by atoms with van der Waals surface area (Å²) in [6, 6.07) is 15.9. The summed E-state index contributed by atoms with van der Waals surface area (Å²) in [5.41, 5.74) is 2.25. The number of nitrogens with zero attached hydrogens (tertiary/aromatic N) is 4. The maximum Gasteiger partial charge on any atom is 0.227 e. The number of anilines is 1. The number of carbonyl (C=O) groups excluding carboxylic acids is 1. The van der Waals surface area contributed by atoms with Gasteiger partial charge in [-0.25, -0.2) is 0 Å². The Labute approximate surface area is 151 Å². The molecule has 26 heavy (non-hydrogen) atoms. The van der Waals surface area contributed by atoms with Crippen molar-refractivity contribution in [1.82, 2.24) is 19.3 Å². The van der Waals surface area contributed by atoms with Gasteiger partial charge in [0.1, 0.15) is 0 Å². The van der Waals surface area contributed by atoms with Crippen LogP contribution in [-0.2, 0) is 17.9 Å². The third kappa shape index (κ3) is 3.64.